The van der Waals surface area contributed by atoms with Crippen molar-refractivity contribution in [2.45, 2.75) is 25.2 Å². The van der Waals surface area contributed by atoms with Crippen molar-refractivity contribution in [3.05, 3.63) is 58.6 Å². The lowest BCUT2D eigenvalue weighted by Gasteiger charge is -2.08. The standard InChI is InChI=1S/C18H21BrN2O3S/c1-14(2)11-12-24-17-7-3-15(4-8-17)13-20-21-25(22,23)18-9-5-16(19)6-10-18/h3-10,13-14,21H,11-12H2,1-2H3. The van der Waals surface area contributed by atoms with Crippen LogP contribution in [0.5, 0.6) is 5.75 Å². The van der Waals surface area contributed by atoms with Gasteiger partial charge in [-0.1, -0.05) is 29.8 Å². The van der Waals surface area contributed by atoms with Crippen LogP contribution in [0.25, 0.3) is 0 Å². The Morgan fingerprint density at radius 3 is 2.36 bits per heavy atom. The van der Waals surface area contributed by atoms with Crippen LogP contribution in [-0.4, -0.2) is 21.2 Å². The highest BCUT2D eigenvalue weighted by Gasteiger charge is 2.11. The van der Waals surface area contributed by atoms with Gasteiger partial charge in [0.05, 0.1) is 17.7 Å². The molecule has 2 aromatic rings. The lowest BCUT2D eigenvalue weighted by molar-refractivity contribution is 0.289. The van der Waals surface area contributed by atoms with Crippen LogP contribution in [0.1, 0.15) is 25.8 Å². The number of benzene rings is 2. The number of rotatable bonds is 8. The fraction of sp³-hybridized carbons (Fsp3) is 0.278. The first-order valence-corrected chi connectivity index (χ1v) is 10.2. The monoisotopic (exact) mass is 424 g/mol. The van der Waals surface area contributed by atoms with Gasteiger partial charge in [-0.25, -0.2) is 4.83 Å². The molecule has 0 aliphatic heterocycles. The first-order valence-electron chi connectivity index (χ1n) is 7.90. The van der Waals surface area contributed by atoms with E-state index in [9.17, 15) is 8.42 Å². The van der Waals surface area contributed by atoms with E-state index in [0.717, 1.165) is 22.2 Å². The molecule has 0 amide bonds. The van der Waals surface area contributed by atoms with E-state index in [0.29, 0.717) is 12.5 Å². The average Bonchev–Trinajstić information content (AvgIpc) is 2.56. The molecule has 1 N–H and O–H groups in total. The van der Waals surface area contributed by atoms with Gasteiger partial charge in [0, 0.05) is 4.47 Å². The van der Waals surface area contributed by atoms with Crippen molar-refractivity contribution in [2.24, 2.45) is 11.0 Å². The molecule has 0 aromatic heterocycles. The zero-order valence-electron chi connectivity index (χ0n) is 14.1. The van der Waals surface area contributed by atoms with E-state index in [1.165, 1.54) is 18.3 Å². The molecule has 0 fully saturated rings. The number of sulfonamides is 1. The van der Waals surface area contributed by atoms with E-state index in [1.807, 2.05) is 24.3 Å². The molecular weight excluding hydrogens is 404 g/mol. The molecule has 0 bridgehead atoms. The van der Waals surface area contributed by atoms with E-state index in [2.05, 4.69) is 39.7 Å². The minimum atomic E-state index is -3.67. The third-order valence-corrected chi connectivity index (χ3v) is 5.12. The predicted octanol–water partition coefficient (Wildman–Crippen LogP) is 4.19. The van der Waals surface area contributed by atoms with Crippen molar-refractivity contribution in [2.75, 3.05) is 6.61 Å². The molecule has 0 saturated carbocycles. The summed E-state index contributed by atoms with van der Waals surface area (Å²) in [5.41, 5.74) is 0.773. The van der Waals surface area contributed by atoms with Crippen LogP contribution in [0, 0.1) is 5.92 Å². The van der Waals surface area contributed by atoms with E-state index >= 15 is 0 Å². The summed E-state index contributed by atoms with van der Waals surface area (Å²) in [5.74, 6) is 1.39. The minimum Gasteiger partial charge on any atom is -0.494 e. The lowest BCUT2D eigenvalue weighted by Crippen LogP contribution is -2.18. The highest BCUT2D eigenvalue weighted by Crippen LogP contribution is 2.15. The molecule has 0 radical (unpaired) electrons. The van der Waals surface area contributed by atoms with E-state index in [-0.39, 0.29) is 4.90 Å². The van der Waals surface area contributed by atoms with Gasteiger partial charge in [0.2, 0.25) is 0 Å². The Hall–Kier alpha value is -1.86. The highest BCUT2D eigenvalue weighted by molar-refractivity contribution is 9.10. The van der Waals surface area contributed by atoms with Gasteiger partial charge < -0.3 is 4.74 Å². The van der Waals surface area contributed by atoms with Gasteiger partial charge in [0.15, 0.2) is 0 Å². The molecule has 0 unspecified atom stereocenters. The van der Waals surface area contributed by atoms with Crippen LogP contribution in [-0.2, 0) is 10.0 Å². The summed E-state index contributed by atoms with van der Waals surface area (Å²) < 4.78 is 30.7. The first kappa shape index (κ1) is 19.5. The number of hydrogen-bond donors (Lipinski definition) is 1. The Labute approximate surface area is 157 Å². The fourth-order valence-corrected chi connectivity index (χ4v) is 2.95. The van der Waals surface area contributed by atoms with Crippen molar-refractivity contribution in [1.29, 1.82) is 0 Å². The highest BCUT2D eigenvalue weighted by atomic mass is 79.9. The zero-order chi connectivity index (χ0) is 18.3. The Kier molecular flexibility index (Phi) is 7.01. The second-order valence-electron chi connectivity index (χ2n) is 5.91. The maximum atomic E-state index is 12.1. The number of halogens is 1. The molecule has 2 aromatic carbocycles. The molecule has 134 valence electrons. The fourth-order valence-electron chi connectivity index (χ4n) is 1.90. The maximum Gasteiger partial charge on any atom is 0.276 e. The molecule has 0 aliphatic carbocycles. The van der Waals surface area contributed by atoms with Crippen molar-refractivity contribution in [1.82, 2.24) is 4.83 Å². The summed E-state index contributed by atoms with van der Waals surface area (Å²) in [6.07, 6.45) is 2.45. The van der Waals surface area contributed by atoms with Gasteiger partial charge in [-0.2, -0.15) is 13.5 Å². The van der Waals surface area contributed by atoms with E-state index in [1.54, 1.807) is 12.1 Å². The second kappa shape index (κ2) is 9.01. The van der Waals surface area contributed by atoms with Crippen LogP contribution in [0.4, 0.5) is 0 Å². The molecule has 0 atom stereocenters. The van der Waals surface area contributed by atoms with Gasteiger partial charge in [-0.05, 0) is 66.4 Å². The van der Waals surface area contributed by atoms with Crippen molar-refractivity contribution < 1.29 is 13.2 Å². The molecule has 0 saturated heterocycles. The van der Waals surface area contributed by atoms with Crippen LogP contribution in [0.15, 0.2) is 63.0 Å². The Morgan fingerprint density at radius 2 is 1.76 bits per heavy atom. The summed E-state index contributed by atoms with van der Waals surface area (Å²) in [7, 11) is -3.67. The maximum absolute atomic E-state index is 12.1. The first-order chi connectivity index (χ1) is 11.9. The Balaban J connectivity index is 1.92. The molecule has 5 nitrogen and oxygen atoms in total. The third kappa shape index (κ3) is 6.51. The smallest absolute Gasteiger partial charge is 0.276 e. The SMILES string of the molecule is CC(C)CCOc1ccc(C=NNS(=O)(=O)c2ccc(Br)cc2)cc1. The summed E-state index contributed by atoms with van der Waals surface area (Å²) in [4.78, 5) is 2.35. The van der Waals surface area contributed by atoms with Crippen LogP contribution in [0.2, 0.25) is 0 Å². The van der Waals surface area contributed by atoms with Crippen molar-refractivity contribution in [3.8, 4) is 5.75 Å². The third-order valence-electron chi connectivity index (χ3n) is 3.35. The summed E-state index contributed by atoms with van der Waals surface area (Å²) >= 11 is 3.27. The minimum absolute atomic E-state index is 0.154. The van der Waals surface area contributed by atoms with Crippen molar-refractivity contribution in [3.63, 3.8) is 0 Å². The quantitative estimate of drug-likeness (QED) is 0.510. The van der Waals surface area contributed by atoms with Crippen molar-refractivity contribution >= 4 is 32.2 Å². The van der Waals surface area contributed by atoms with Crippen LogP contribution < -0.4 is 9.57 Å². The normalized spacial score (nSPS) is 11.8. The molecule has 7 heteroatoms. The number of nitrogens with zero attached hydrogens (tertiary/aromatic N) is 1. The van der Waals surface area contributed by atoms with E-state index in [4.69, 9.17) is 4.74 Å². The van der Waals surface area contributed by atoms with Crippen LogP contribution in [0.3, 0.4) is 0 Å². The number of hydrazone groups is 1. The molecular formula is C18H21BrN2O3S. The Bertz CT molecular complexity index is 801. The summed E-state index contributed by atoms with van der Waals surface area (Å²) in [5, 5.41) is 3.81. The lowest BCUT2D eigenvalue weighted by atomic mass is 10.1. The number of ether oxygens (including phenoxy) is 1. The number of nitrogens with one attached hydrogen (secondary N) is 1. The molecule has 0 spiro atoms. The van der Waals surface area contributed by atoms with Crippen LogP contribution >= 0.6 is 15.9 Å². The molecule has 0 heterocycles. The second-order valence-corrected chi connectivity index (χ2v) is 8.48. The van der Waals surface area contributed by atoms with Gasteiger partial charge in [0.25, 0.3) is 10.0 Å². The molecule has 0 aliphatic rings. The topological polar surface area (TPSA) is 67.8 Å². The van der Waals surface area contributed by atoms with Gasteiger partial charge in [-0.3, -0.25) is 0 Å². The van der Waals surface area contributed by atoms with Gasteiger partial charge >= 0.3 is 0 Å². The molecule has 25 heavy (non-hydrogen) atoms. The summed E-state index contributed by atoms with van der Waals surface area (Å²) in [6.45, 7) is 4.98. The zero-order valence-corrected chi connectivity index (χ0v) is 16.5. The van der Waals surface area contributed by atoms with Gasteiger partial charge in [0.1, 0.15) is 5.75 Å². The average molecular weight is 425 g/mol. The summed E-state index contributed by atoms with van der Waals surface area (Å²) in [6, 6.07) is 13.7. The Morgan fingerprint density at radius 1 is 1.12 bits per heavy atom. The number of hydrogen-bond acceptors (Lipinski definition) is 4. The van der Waals surface area contributed by atoms with E-state index < -0.39 is 10.0 Å². The predicted molar refractivity (Wildman–Crippen MR) is 103 cm³/mol. The molecule has 2 rings (SSSR count). The van der Waals surface area contributed by atoms with Gasteiger partial charge in [-0.15, -0.1) is 0 Å². The largest absolute Gasteiger partial charge is 0.494 e.